The minimum absolute atomic E-state index is 0.251. The number of hydrogen-bond acceptors (Lipinski definition) is 2. The Hall–Kier alpha value is -0.540. The smallest absolute Gasteiger partial charge is 0.119 e. The first-order valence-electron chi connectivity index (χ1n) is 5.70. The van der Waals surface area contributed by atoms with E-state index in [1.807, 2.05) is 31.2 Å². The van der Waals surface area contributed by atoms with Gasteiger partial charge in [-0.2, -0.15) is 0 Å². The number of hydrogen-bond donors (Lipinski definition) is 1. The molecular formula is C13H19BrO2. The van der Waals surface area contributed by atoms with Gasteiger partial charge in [-0.05, 0) is 43.5 Å². The predicted molar refractivity (Wildman–Crippen MR) is 69.7 cm³/mol. The highest BCUT2D eigenvalue weighted by molar-refractivity contribution is 9.10. The molecule has 0 fully saturated rings. The van der Waals surface area contributed by atoms with Crippen molar-refractivity contribution in [2.75, 3.05) is 6.61 Å². The van der Waals surface area contributed by atoms with Gasteiger partial charge in [0.15, 0.2) is 0 Å². The predicted octanol–water partition coefficient (Wildman–Crippen LogP) is 3.63. The average molecular weight is 287 g/mol. The minimum atomic E-state index is -0.251. The summed E-state index contributed by atoms with van der Waals surface area (Å²) < 4.78 is 6.66. The summed E-state index contributed by atoms with van der Waals surface area (Å²) in [4.78, 5) is 0. The van der Waals surface area contributed by atoms with E-state index < -0.39 is 0 Å². The van der Waals surface area contributed by atoms with E-state index in [9.17, 15) is 5.11 Å². The van der Waals surface area contributed by atoms with Gasteiger partial charge in [-0.15, -0.1) is 0 Å². The van der Waals surface area contributed by atoms with E-state index in [4.69, 9.17) is 4.74 Å². The van der Waals surface area contributed by atoms with Crippen LogP contribution in [0.4, 0.5) is 0 Å². The molecule has 0 saturated heterocycles. The maximum atomic E-state index is 9.48. The third-order valence-corrected chi connectivity index (χ3v) is 3.31. The van der Waals surface area contributed by atoms with E-state index in [2.05, 4.69) is 22.9 Å². The van der Waals surface area contributed by atoms with Gasteiger partial charge in [-0.3, -0.25) is 0 Å². The van der Waals surface area contributed by atoms with Crippen LogP contribution in [0.3, 0.4) is 0 Å². The van der Waals surface area contributed by atoms with E-state index in [1.165, 1.54) is 0 Å². The molecule has 1 N–H and O–H groups in total. The van der Waals surface area contributed by atoms with Gasteiger partial charge in [-0.25, -0.2) is 0 Å². The van der Waals surface area contributed by atoms with Gasteiger partial charge in [0.1, 0.15) is 5.75 Å². The zero-order valence-electron chi connectivity index (χ0n) is 9.82. The molecule has 0 heterocycles. The Morgan fingerprint density at radius 3 is 2.44 bits per heavy atom. The molecule has 1 aromatic rings. The van der Waals surface area contributed by atoms with E-state index in [0.29, 0.717) is 12.5 Å². The van der Waals surface area contributed by atoms with Gasteiger partial charge < -0.3 is 9.84 Å². The summed E-state index contributed by atoms with van der Waals surface area (Å²) in [5.74, 6) is 1.21. The Balaban J connectivity index is 2.32. The lowest BCUT2D eigenvalue weighted by Crippen LogP contribution is -2.18. The summed E-state index contributed by atoms with van der Waals surface area (Å²) in [5, 5.41) is 9.48. The zero-order valence-corrected chi connectivity index (χ0v) is 11.4. The van der Waals surface area contributed by atoms with Crippen molar-refractivity contribution in [3.05, 3.63) is 28.7 Å². The lowest BCUT2D eigenvalue weighted by atomic mass is 9.97. The molecule has 2 unspecified atom stereocenters. The molecular weight excluding hydrogens is 268 g/mol. The third-order valence-electron chi connectivity index (χ3n) is 2.78. The number of benzene rings is 1. The molecule has 90 valence electrons. The van der Waals surface area contributed by atoms with Gasteiger partial charge in [0.2, 0.25) is 0 Å². The van der Waals surface area contributed by atoms with Crippen molar-refractivity contribution in [3.8, 4) is 5.75 Å². The van der Waals surface area contributed by atoms with Crippen LogP contribution in [0.5, 0.6) is 5.75 Å². The van der Waals surface area contributed by atoms with E-state index in [0.717, 1.165) is 23.1 Å². The molecule has 0 aliphatic carbocycles. The molecule has 0 spiro atoms. The maximum Gasteiger partial charge on any atom is 0.119 e. The Bertz CT molecular complexity index is 295. The molecule has 16 heavy (non-hydrogen) atoms. The molecule has 0 bridgehead atoms. The second-order valence-electron chi connectivity index (χ2n) is 4.00. The number of aliphatic hydroxyl groups excluding tert-OH is 1. The van der Waals surface area contributed by atoms with Crippen LogP contribution in [0.2, 0.25) is 0 Å². The van der Waals surface area contributed by atoms with Gasteiger partial charge >= 0.3 is 0 Å². The topological polar surface area (TPSA) is 29.5 Å². The zero-order chi connectivity index (χ0) is 12.0. The summed E-state index contributed by atoms with van der Waals surface area (Å²) in [5.41, 5.74) is 0. The Morgan fingerprint density at radius 1 is 1.31 bits per heavy atom. The summed E-state index contributed by atoms with van der Waals surface area (Å²) >= 11 is 3.38. The molecule has 2 nitrogen and oxygen atoms in total. The summed E-state index contributed by atoms with van der Waals surface area (Å²) in [6, 6.07) is 7.80. The molecule has 0 aliphatic rings. The lowest BCUT2D eigenvalue weighted by Gasteiger charge is -2.17. The van der Waals surface area contributed by atoms with Gasteiger partial charge in [0.25, 0.3) is 0 Å². The van der Waals surface area contributed by atoms with Crippen molar-refractivity contribution in [1.82, 2.24) is 0 Å². The average Bonchev–Trinajstić information content (AvgIpc) is 2.26. The molecule has 0 radical (unpaired) electrons. The molecule has 0 amide bonds. The number of aliphatic hydroxyl groups is 1. The first-order valence-corrected chi connectivity index (χ1v) is 6.49. The summed E-state index contributed by atoms with van der Waals surface area (Å²) in [6.45, 7) is 4.59. The van der Waals surface area contributed by atoms with Gasteiger partial charge in [0, 0.05) is 4.47 Å². The monoisotopic (exact) mass is 286 g/mol. The standard InChI is InChI=1S/C13H19BrO2/c1-3-11(10(2)15)8-9-16-13-6-4-12(14)5-7-13/h4-7,10-11,15H,3,8-9H2,1-2H3. The van der Waals surface area contributed by atoms with Crippen LogP contribution < -0.4 is 4.74 Å². The van der Waals surface area contributed by atoms with Crippen LogP contribution in [0, 0.1) is 5.92 Å². The van der Waals surface area contributed by atoms with Crippen molar-refractivity contribution in [2.45, 2.75) is 32.8 Å². The fraction of sp³-hybridized carbons (Fsp3) is 0.538. The summed E-state index contributed by atoms with van der Waals surface area (Å²) in [6.07, 6.45) is 1.63. The fourth-order valence-electron chi connectivity index (χ4n) is 1.65. The van der Waals surface area contributed by atoms with E-state index in [-0.39, 0.29) is 6.10 Å². The highest BCUT2D eigenvalue weighted by Crippen LogP contribution is 2.18. The van der Waals surface area contributed by atoms with Crippen molar-refractivity contribution in [3.63, 3.8) is 0 Å². The Kier molecular flexibility index (Phi) is 5.85. The van der Waals surface area contributed by atoms with Gasteiger partial charge in [0.05, 0.1) is 12.7 Å². The molecule has 0 saturated carbocycles. The van der Waals surface area contributed by atoms with Crippen LogP contribution in [0.25, 0.3) is 0 Å². The van der Waals surface area contributed by atoms with Crippen molar-refractivity contribution >= 4 is 15.9 Å². The second-order valence-corrected chi connectivity index (χ2v) is 4.92. The Labute approximate surface area is 106 Å². The largest absolute Gasteiger partial charge is 0.494 e. The summed E-state index contributed by atoms with van der Waals surface area (Å²) in [7, 11) is 0. The minimum Gasteiger partial charge on any atom is -0.494 e. The van der Waals surface area contributed by atoms with E-state index >= 15 is 0 Å². The van der Waals surface area contributed by atoms with Crippen LogP contribution in [-0.2, 0) is 0 Å². The molecule has 3 heteroatoms. The molecule has 0 aromatic heterocycles. The molecule has 1 aromatic carbocycles. The van der Waals surface area contributed by atoms with E-state index in [1.54, 1.807) is 0 Å². The second kappa shape index (κ2) is 6.92. The first kappa shape index (κ1) is 13.5. The van der Waals surface area contributed by atoms with Crippen molar-refractivity contribution in [2.24, 2.45) is 5.92 Å². The van der Waals surface area contributed by atoms with Crippen molar-refractivity contribution in [1.29, 1.82) is 0 Å². The van der Waals surface area contributed by atoms with Crippen molar-refractivity contribution < 1.29 is 9.84 Å². The highest BCUT2D eigenvalue weighted by atomic mass is 79.9. The van der Waals surface area contributed by atoms with Crippen LogP contribution >= 0.6 is 15.9 Å². The lowest BCUT2D eigenvalue weighted by molar-refractivity contribution is 0.106. The SMILES string of the molecule is CCC(CCOc1ccc(Br)cc1)C(C)O. The highest BCUT2D eigenvalue weighted by Gasteiger charge is 2.12. The third kappa shape index (κ3) is 4.54. The van der Waals surface area contributed by atoms with Crippen LogP contribution in [0.1, 0.15) is 26.7 Å². The normalized spacial score (nSPS) is 14.5. The Morgan fingerprint density at radius 2 is 1.94 bits per heavy atom. The van der Waals surface area contributed by atoms with Gasteiger partial charge in [-0.1, -0.05) is 29.3 Å². The number of rotatable bonds is 6. The molecule has 0 aliphatic heterocycles. The van der Waals surface area contributed by atoms with Crippen LogP contribution in [0.15, 0.2) is 28.7 Å². The molecule has 1 rings (SSSR count). The molecule has 2 atom stereocenters. The number of ether oxygens (including phenoxy) is 1. The maximum absolute atomic E-state index is 9.48. The first-order chi connectivity index (χ1) is 7.63. The quantitative estimate of drug-likeness (QED) is 0.865. The number of halogens is 1. The van der Waals surface area contributed by atoms with Crippen LogP contribution in [-0.4, -0.2) is 17.8 Å². The fourth-order valence-corrected chi connectivity index (χ4v) is 1.91.